The lowest BCUT2D eigenvalue weighted by Gasteiger charge is -2.24. The Bertz CT molecular complexity index is 525. The zero-order chi connectivity index (χ0) is 15.1. The number of aliphatic hydroxyl groups excluding tert-OH is 1. The molecule has 2 aromatic carbocycles. The molecule has 0 aliphatic heterocycles. The van der Waals surface area contributed by atoms with E-state index >= 15 is 0 Å². The average molecular weight is 284 g/mol. The van der Waals surface area contributed by atoms with Crippen LogP contribution in [-0.2, 0) is 6.54 Å². The summed E-state index contributed by atoms with van der Waals surface area (Å²) in [6.45, 7) is 3.64. The Hall–Kier alpha value is -1.84. The van der Waals surface area contributed by atoms with E-state index in [1.807, 2.05) is 18.2 Å². The van der Waals surface area contributed by atoms with Crippen molar-refractivity contribution >= 4 is 5.69 Å². The first-order valence-electron chi connectivity index (χ1n) is 7.50. The fourth-order valence-electron chi connectivity index (χ4n) is 2.39. The van der Waals surface area contributed by atoms with Gasteiger partial charge in [0.2, 0.25) is 0 Å². The van der Waals surface area contributed by atoms with E-state index in [-0.39, 0.29) is 12.6 Å². The molecule has 21 heavy (non-hydrogen) atoms. The number of benzene rings is 2. The fourth-order valence-corrected chi connectivity index (χ4v) is 2.39. The van der Waals surface area contributed by atoms with Crippen molar-refractivity contribution in [2.45, 2.75) is 25.9 Å². The van der Waals surface area contributed by atoms with Gasteiger partial charge in [0.1, 0.15) is 0 Å². The van der Waals surface area contributed by atoms with E-state index in [2.05, 4.69) is 48.2 Å². The molecular weight excluding hydrogens is 260 g/mol. The summed E-state index contributed by atoms with van der Waals surface area (Å²) in [5.74, 6) is 0. The molecule has 0 amide bonds. The predicted molar refractivity (Wildman–Crippen MR) is 88.2 cm³/mol. The van der Waals surface area contributed by atoms with Gasteiger partial charge in [-0.3, -0.25) is 0 Å². The third-order valence-corrected chi connectivity index (χ3v) is 3.71. The van der Waals surface area contributed by atoms with Crippen LogP contribution in [0.1, 0.15) is 30.5 Å². The van der Waals surface area contributed by atoms with Gasteiger partial charge in [-0.2, -0.15) is 0 Å². The lowest BCUT2D eigenvalue weighted by atomic mass is 10.0. The molecule has 1 unspecified atom stereocenters. The molecule has 0 bridgehead atoms. The Labute approximate surface area is 127 Å². The van der Waals surface area contributed by atoms with E-state index in [4.69, 9.17) is 5.73 Å². The maximum absolute atomic E-state index is 9.30. The van der Waals surface area contributed by atoms with Gasteiger partial charge in [0.25, 0.3) is 0 Å². The van der Waals surface area contributed by atoms with Crippen LogP contribution in [0.5, 0.6) is 0 Å². The molecular formula is C18H24N2O. The van der Waals surface area contributed by atoms with Crippen molar-refractivity contribution in [3.05, 3.63) is 65.7 Å². The van der Waals surface area contributed by atoms with Gasteiger partial charge in [0.05, 0.1) is 6.61 Å². The molecule has 0 saturated carbocycles. The van der Waals surface area contributed by atoms with Crippen molar-refractivity contribution in [1.82, 2.24) is 0 Å². The van der Waals surface area contributed by atoms with E-state index < -0.39 is 0 Å². The van der Waals surface area contributed by atoms with Gasteiger partial charge in [0, 0.05) is 24.8 Å². The molecule has 0 fully saturated rings. The number of nitrogens with two attached hydrogens (primary N) is 1. The molecule has 3 N–H and O–H groups in total. The number of hydrogen-bond acceptors (Lipinski definition) is 3. The van der Waals surface area contributed by atoms with Crippen LogP contribution in [0.4, 0.5) is 5.69 Å². The topological polar surface area (TPSA) is 49.5 Å². The number of aliphatic hydroxyl groups is 1. The maximum Gasteiger partial charge on any atom is 0.0606 e. The molecule has 3 nitrogen and oxygen atoms in total. The summed E-state index contributed by atoms with van der Waals surface area (Å²) in [4.78, 5) is 2.18. The van der Waals surface area contributed by atoms with Crippen LogP contribution >= 0.6 is 0 Å². The summed E-state index contributed by atoms with van der Waals surface area (Å²) >= 11 is 0. The Kier molecular flexibility index (Phi) is 5.78. The molecule has 1 atom stereocenters. The van der Waals surface area contributed by atoms with Gasteiger partial charge < -0.3 is 15.7 Å². The highest BCUT2D eigenvalue weighted by molar-refractivity contribution is 5.48. The standard InChI is InChI=1S/C18H24N2O/c1-2-18(19)16-8-10-17(11-9-16)20(12-13-21)14-15-6-4-3-5-7-15/h3-11,18,21H,2,12-14,19H2,1H3. The molecule has 0 saturated heterocycles. The number of hydrogen-bond donors (Lipinski definition) is 2. The minimum absolute atomic E-state index is 0.0967. The summed E-state index contributed by atoms with van der Waals surface area (Å²) in [5, 5.41) is 9.30. The van der Waals surface area contributed by atoms with Crippen molar-refractivity contribution in [2.75, 3.05) is 18.1 Å². The van der Waals surface area contributed by atoms with Crippen LogP contribution in [0.15, 0.2) is 54.6 Å². The minimum Gasteiger partial charge on any atom is -0.395 e. The molecule has 0 heterocycles. The first-order chi connectivity index (χ1) is 10.2. The smallest absolute Gasteiger partial charge is 0.0606 e. The van der Waals surface area contributed by atoms with Crippen molar-refractivity contribution in [3.63, 3.8) is 0 Å². The largest absolute Gasteiger partial charge is 0.395 e. The van der Waals surface area contributed by atoms with Crippen LogP contribution in [0.25, 0.3) is 0 Å². The fraction of sp³-hybridized carbons (Fsp3) is 0.333. The second kappa shape index (κ2) is 7.81. The van der Waals surface area contributed by atoms with E-state index in [0.717, 1.165) is 24.2 Å². The monoisotopic (exact) mass is 284 g/mol. The van der Waals surface area contributed by atoms with E-state index in [9.17, 15) is 5.11 Å². The lowest BCUT2D eigenvalue weighted by molar-refractivity contribution is 0.301. The Morgan fingerprint density at radius 3 is 2.29 bits per heavy atom. The summed E-state index contributed by atoms with van der Waals surface area (Å²) in [7, 11) is 0. The van der Waals surface area contributed by atoms with Crippen LogP contribution in [0, 0.1) is 0 Å². The van der Waals surface area contributed by atoms with Crippen molar-refractivity contribution < 1.29 is 5.11 Å². The second-order valence-corrected chi connectivity index (χ2v) is 5.24. The molecule has 0 aliphatic rings. The van der Waals surface area contributed by atoms with E-state index in [0.29, 0.717) is 6.54 Å². The number of anilines is 1. The minimum atomic E-state index is 0.0967. The van der Waals surface area contributed by atoms with Crippen molar-refractivity contribution in [1.29, 1.82) is 0 Å². The van der Waals surface area contributed by atoms with Gasteiger partial charge in [0.15, 0.2) is 0 Å². The Morgan fingerprint density at radius 2 is 1.71 bits per heavy atom. The molecule has 0 radical (unpaired) electrons. The molecule has 112 valence electrons. The average Bonchev–Trinajstić information content (AvgIpc) is 2.55. The summed E-state index contributed by atoms with van der Waals surface area (Å²) in [6, 6.07) is 18.7. The van der Waals surface area contributed by atoms with Crippen LogP contribution in [-0.4, -0.2) is 18.3 Å². The highest BCUT2D eigenvalue weighted by atomic mass is 16.3. The number of nitrogens with zero attached hydrogens (tertiary/aromatic N) is 1. The van der Waals surface area contributed by atoms with Gasteiger partial charge in [-0.05, 0) is 29.7 Å². The van der Waals surface area contributed by atoms with E-state index in [1.54, 1.807) is 0 Å². The van der Waals surface area contributed by atoms with Crippen molar-refractivity contribution in [3.8, 4) is 0 Å². The predicted octanol–water partition coefficient (Wildman–Crippen LogP) is 3.10. The van der Waals surface area contributed by atoms with Crippen molar-refractivity contribution in [2.24, 2.45) is 5.73 Å². The van der Waals surface area contributed by atoms with Crippen LogP contribution in [0.3, 0.4) is 0 Å². The molecule has 0 spiro atoms. The quantitative estimate of drug-likeness (QED) is 0.821. The van der Waals surface area contributed by atoms with Crippen LogP contribution in [0.2, 0.25) is 0 Å². The van der Waals surface area contributed by atoms with Crippen LogP contribution < -0.4 is 10.6 Å². The molecule has 2 aromatic rings. The second-order valence-electron chi connectivity index (χ2n) is 5.24. The third-order valence-electron chi connectivity index (χ3n) is 3.71. The molecule has 2 rings (SSSR count). The van der Waals surface area contributed by atoms with E-state index in [1.165, 1.54) is 5.56 Å². The first kappa shape index (κ1) is 15.5. The number of rotatable bonds is 7. The summed E-state index contributed by atoms with van der Waals surface area (Å²) in [6.07, 6.45) is 0.934. The van der Waals surface area contributed by atoms with Gasteiger partial charge in [-0.25, -0.2) is 0 Å². The van der Waals surface area contributed by atoms with Gasteiger partial charge in [-0.1, -0.05) is 49.4 Å². The highest BCUT2D eigenvalue weighted by Gasteiger charge is 2.08. The Morgan fingerprint density at radius 1 is 1.05 bits per heavy atom. The molecule has 0 aliphatic carbocycles. The maximum atomic E-state index is 9.30. The Balaban J connectivity index is 2.14. The summed E-state index contributed by atoms with van der Waals surface area (Å²) in [5.41, 5.74) is 9.55. The van der Waals surface area contributed by atoms with Gasteiger partial charge >= 0.3 is 0 Å². The first-order valence-corrected chi connectivity index (χ1v) is 7.50. The highest BCUT2D eigenvalue weighted by Crippen LogP contribution is 2.21. The molecule has 0 aromatic heterocycles. The lowest BCUT2D eigenvalue weighted by Crippen LogP contribution is -2.26. The summed E-state index contributed by atoms with van der Waals surface area (Å²) < 4.78 is 0. The normalized spacial score (nSPS) is 12.1. The third kappa shape index (κ3) is 4.31. The van der Waals surface area contributed by atoms with Gasteiger partial charge in [-0.15, -0.1) is 0 Å². The molecule has 3 heteroatoms. The zero-order valence-electron chi connectivity index (χ0n) is 12.6. The zero-order valence-corrected chi connectivity index (χ0v) is 12.6. The SMILES string of the molecule is CCC(N)c1ccc(N(CCO)Cc2ccccc2)cc1.